The first-order chi connectivity index (χ1) is 8.38. The van der Waals surface area contributed by atoms with E-state index in [0.29, 0.717) is 11.4 Å². The topological polar surface area (TPSA) is 137 Å². The Balaban J connectivity index is 2.30. The molecule has 0 saturated heterocycles. The summed E-state index contributed by atoms with van der Waals surface area (Å²) in [6.07, 6.45) is 0. The van der Waals surface area contributed by atoms with E-state index in [4.69, 9.17) is 5.73 Å². The fraction of sp³-hybridized carbons (Fsp3) is 0.286. The van der Waals surface area contributed by atoms with Crippen molar-refractivity contribution in [2.45, 2.75) is 18.2 Å². The van der Waals surface area contributed by atoms with E-state index in [-0.39, 0.29) is 15.4 Å². The first-order valence-electron chi connectivity index (χ1n) is 4.68. The van der Waals surface area contributed by atoms with Crippen LogP contribution in [0.3, 0.4) is 0 Å². The highest BCUT2D eigenvalue weighted by Gasteiger charge is 2.21. The largest absolute Gasteiger partial charge is 0.374 e. The van der Waals surface area contributed by atoms with E-state index in [1.54, 1.807) is 13.8 Å². The van der Waals surface area contributed by atoms with E-state index < -0.39 is 10.0 Å². The number of nitrogens with two attached hydrogens (primary N) is 1. The number of nitrogens with zero attached hydrogens (tertiary/aromatic N) is 5. The first-order valence-corrected chi connectivity index (χ1v) is 6.98. The summed E-state index contributed by atoms with van der Waals surface area (Å²) in [5.74, 6) is -0.119. The predicted molar refractivity (Wildman–Crippen MR) is 64.4 cm³/mol. The smallest absolute Gasteiger partial charge is 0.293 e. The highest BCUT2D eigenvalue weighted by atomic mass is 32.2. The van der Waals surface area contributed by atoms with E-state index in [1.807, 2.05) is 0 Å². The molecule has 0 aliphatic heterocycles. The Morgan fingerprint density at radius 3 is 2.39 bits per heavy atom. The summed E-state index contributed by atoms with van der Waals surface area (Å²) in [7, 11) is -3.87. The van der Waals surface area contributed by atoms with Crippen LogP contribution in [0.4, 0.5) is 11.1 Å². The molecule has 0 bridgehead atoms. The van der Waals surface area contributed by atoms with Gasteiger partial charge in [0.15, 0.2) is 0 Å². The molecule has 0 spiro atoms. The Labute approximate surface area is 107 Å². The van der Waals surface area contributed by atoms with Crippen molar-refractivity contribution in [3.05, 3.63) is 11.4 Å². The van der Waals surface area contributed by atoms with Crippen molar-refractivity contribution >= 4 is 32.4 Å². The Kier molecular flexibility index (Phi) is 3.09. The van der Waals surface area contributed by atoms with E-state index in [9.17, 15) is 8.42 Å². The van der Waals surface area contributed by atoms with Gasteiger partial charge in [0, 0.05) is 0 Å². The maximum atomic E-state index is 11.8. The number of hydrogen-bond donors (Lipinski definition) is 2. The number of anilines is 2. The molecule has 0 saturated carbocycles. The SMILES string of the molecule is Cc1nnc(NS(=O)(=O)c2nnc(N)s2)nc1C. The van der Waals surface area contributed by atoms with Gasteiger partial charge in [-0.25, -0.2) is 9.71 Å². The van der Waals surface area contributed by atoms with Crippen molar-refractivity contribution in [3.8, 4) is 0 Å². The lowest BCUT2D eigenvalue weighted by molar-refractivity contribution is 0.598. The van der Waals surface area contributed by atoms with E-state index in [0.717, 1.165) is 11.3 Å². The zero-order chi connectivity index (χ0) is 13.3. The van der Waals surface area contributed by atoms with Crippen molar-refractivity contribution in [1.29, 1.82) is 0 Å². The van der Waals surface area contributed by atoms with E-state index in [1.165, 1.54) is 0 Å². The van der Waals surface area contributed by atoms with Gasteiger partial charge in [-0.05, 0) is 13.8 Å². The Morgan fingerprint density at radius 1 is 1.11 bits per heavy atom. The van der Waals surface area contributed by atoms with Crippen LogP contribution in [0.5, 0.6) is 0 Å². The van der Waals surface area contributed by atoms with Crippen LogP contribution >= 0.6 is 11.3 Å². The summed E-state index contributed by atoms with van der Waals surface area (Å²) in [5.41, 5.74) is 6.53. The van der Waals surface area contributed by atoms with Gasteiger partial charge in [-0.2, -0.15) is 13.5 Å². The van der Waals surface area contributed by atoms with Crippen LogP contribution < -0.4 is 10.5 Å². The van der Waals surface area contributed by atoms with Gasteiger partial charge in [0.05, 0.1) is 11.4 Å². The summed E-state index contributed by atoms with van der Waals surface area (Å²) in [5, 5.41) is 14.3. The third kappa shape index (κ3) is 2.51. The predicted octanol–water partition coefficient (Wildman–Crippen LogP) is -0.277. The lowest BCUT2D eigenvalue weighted by atomic mass is 10.4. The highest BCUT2D eigenvalue weighted by molar-refractivity contribution is 7.94. The lowest BCUT2D eigenvalue weighted by Gasteiger charge is -2.03. The van der Waals surface area contributed by atoms with E-state index >= 15 is 0 Å². The van der Waals surface area contributed by atoms with Crippen LogP contribution in [0.25, 0.3) is 0 Å². The van der Waals surface area contributed by atoms with E-state index in [2.05, 4.69) is 30.1 Å². The van der Waals surface area contributed by atoms with Crippen LogP contribution in [0.1, 0.15) is 11.4 Å². The fourth-order valence-electron chi connectivity index (χ4n) is 0.993. The van der Waals surface area contributed by atoms with Crippen LogP contribution in [0.2, 0.25) is 0 Å². The summed E-state index contributed by atoms with van der Waals surface area (Å²) < 4.78 is 25.6. The fourth-order valence-corrected chi connectivity index (χ4v) is 2.72. The summed E-state index contributed by atoms with van der Waals surface area (Å²) in [6.45, 7) is 3.42. The normalized spacial score (nSPS) is 11.4. The van der Waals surface area contributed by atoms with Gasteiger partial charge in [-0.15, -0.1) is 15.3 Å². The number of aryl methyl sites for hydroxylation is 2. The quantitative estimate of drug-likeness (QED) is 0.786. The molecule has 0 amide bonds. The molecule has 2 heterocycles. The zero-order valence-corrected chi connectivity index (χ0v) is 11.1. The number of sulfonamides is 1. The summed E-state index contributed by atoms with van der Waals surface area (Å²) in [6, 6.07) is 0. The van der Waals surface area contributed by atoms with Gasteiger partial charge in [0.25, 0.3) is 20.3 Å². The second kappa shape index (κ2) is 4.42. The maximum Gasteiger partial charge on any atom is 0.293 e. The van der Waals surface area contributed by atoms with Gasteiger partial charge in [0.2, 0.25) is 5.13 Å². The molecular formula is C7H9N7O2S2. The minimum absolute atomic E-state index is 0.0644. The van der Waals surface area contributed by atoms with Gasteiger partial charge >= 0.3 is 0 Å². The number of nitrogens with one attached hydrogen (secondary N) is 1. The summed E-state index contributed by atoms with van der Waals surface area (Å²) >= 11 is 0.750. The molecule has 96 valence electrons. The molecule has 0 aliphatic carbocycles. The molecule has 0 atom stereocenters. The van der Waals surface area contributed by atoms with Crippen molar-refractivity contribution in [2.75, 3.05) is 10.5 Å². The highest BCUT2D eigenvalue weighted by Crippen LogP contribution is 2.18. The zero-order valence-electron chi connectivity index (χ0n) is 9.45. The molecular weight excluding hydrogens is 278 g/mol. The molecule has 0 radical (unpaired) electrons. The summed E-state index contributed by atoms with van der Waals surface area (Å²) in [4.78, 5) is 3.95. The van der Waals surface area contributed by atoms with Crippen LogP contribution in [-0.4, -0.2) is 33.8 Å². The average Bonchev–Trinajstić information content (AvgIpc) is 2.71. The molecule has 0 fully saturated rings. The van der Waals surface area contributed by atoms with Gasteiger partial charge < -0.3 is 5.73 Å². The van der Waals surface area contributed by atoms with Crippen LogP contribution in [0.15, 0.2) is 4.34 Å². The average molecular weight is 287 g/mol. The third-order valence-corrected chi connectivity index (χ3v) is 4.42. The lowest BCUT2D eigenvalue weighted by Crippen LogP contribution is -2.16. The Bertz CT molecular complexity index is 681. The van der Waals surface area contributed by atoms with Gasteiger partial charge in [-0.3, -0.25) is 0 Å². The monoisotopic (exact) mass is 287 g/mol. The molecule has 0 unspecified atom stereocenters. The second-order valence-corrected chi connectivity index (χ2v) is 6.18. The minimum Gasteiger partial charge on any atom is -0.374 e. The van der Waals surface area contributed by atoms with Gasteiger partial charge in [-0.1, -0.05) is 11.3 Å². The number of hydrogen-bond acceptors (Lipinski definition) is 9. The van der Waals surface area contributed by atoms with Crippen molar-refractivity contribution in [2.24, 2.45) is 0 Å². The van der Waals surface area contributed by atoms with Crippen LogP contribution in [0, 0.1) is 13.8 Å². The maximum absolute atomic E-state index is 11.8. The van der Waals surface area contributed by atoms with Crippen molar-refractivity contribution < 1.29 is 8.42 Å². The van der Waals surface area contributed by atoms with Crippen LogP contribution in [-0.2, 0) is 10.0 Å². The minimum atomic E-state index is -3.87. The Hall–Kier alpha value is -1.88. The van der Waals surface area contributed by atoms with Crippen molar-refractivity contribution in [3.63, 3.8) is 0 Å². The third-order valence-electron chi connectivity index (χ3n) is 1.97. The Morgan fingerprint density at radius 2 is 1.83 bits per heavy atom. The molecule has 11 heteroatoms. The molecule has 0 aliphatic rings. The first kappa shape index (κ1) is 12.6. The standard InChI is InChI=1S/C7H9N7O2S2/c1-3-4(2)10-12-6(9-3)14-18(15,16)7-13-11-5(8)17-7/h1-2H3,(H2,8,11)(H,9,12,14). The number of rotatable bonds is 3. The molecule has 2 aromatic heterocycles. The molecule has 2 aromatic rings. The molecule has 3 N–H and O–H groups in total. The molecule has 0 aromatic carbocycles. The second-order valence-electron chi connectivity index (χ2n) is 3.32. The molecule has 9 nitrogen and oxygen atoms in total. The molecule has 18 heavy (non-hydrogen) atoms. The number of nitrogen functional groups attached to an aromatic ring is 1. The molecule has 2 rings (SSSR count). The van der Waals surface area contributed by atoms with Crippen molar-refractivity contribution in [1.82, 2.24) is 25.4 Å². The number of aromatic nitrogens is 5. The van der Waals surface area contributed by atoms with Gasteiger partial charge in [0.1, 0.15) is 0 Å².